The third-order valence-corrected chi connectivity index (χ3v) is 1.66. The van der Waals surface area contributed by atoms with Gasteiger partial charge in [0.05, 0.1) is 12.4 Å². The Morgan fingerprint density at radius 3 is 3.00 bits per heavy atom. The van der Waals surface area contributed by atoms with Gasteiger partial charge in [-0.25, -0.2) is 15.0 Å². The predicted molar refractivity (Wildman–Crippen MR) is 42.6 cm³/mol. The third kappa shape index (κ3) is 0.868. The highest BCUT2D eigenvalue weighted by Gasteiger charge is 1.99. The zero-order chi connectivity index (χ0) is 8.55. The molecule has 0 radical (unpaired) electrons. The Balaban J connectivity index is 3.01. The van der Waals surface area contributed by atoms with Crippen LogP contribution < -0.4 is 5.56 Å². The van der Waals surface area contributed by atoms with E-state index in [1.165, 1.54) is 17.1 Å². The van der Waals surface area contributed by atoms with Crippen LogP contribution in [0.15, 0.2) is 23.5 Å². The lowest BCUT2D eigenvalue weighted by Gasteiger charge is -1.99. The summed E-state index contributed by atoms with van der Waals surface area (Å²) in [6, 6.07) is 0. The second-order valence-corrected chi connectivity index (χ2v) is 2.39. The number of rotatable bonds is 0. The van der Waals surface area contributed by atoms with Gasteiger partial charge in [-0.3, -0.25) is 4.79 Å². The monoisotopic (exact) mass is 162 g/mol. The fourth-order valence-electron chi connectivity index (χ4n) is 0.974. The van der Waals surface area contributed by atoms with Crippen molar-refractivity contribution < 1.29 is 0 Å². The van der Waals surface area contributed by atoms with Crippen molar-refractivity contribution in [2.24, 2.45) is 7.05 Å². The zero-order valence-electron chi connectivity index (χ0n) is 6.43. The first-order valence-electron chi connectivity index (χ1n) is 3.41. The molecule has 0 unspecified atom stereocenters. The molecule has 2 rings (SSSR count). The van der Waals surface area contributed by atoms with Crippen LogP contribution in [-0.4, -0.2) is 19.5 Å². The normalized spacial score (nSPS) is 10.4. The molecule has 0 aliphatic heterocycles. The van der Waals surface area contributed by atoms with Crippen LogP contribution in [0.25, 0.3) is 11.2 Å². The van der Waals surface area contributed by atoms with Crippen LogP contribution in [0.3, 0.4) is 0 Å². The SMILES string of the molecule is Cn1c(=O)cnc2ncncc21. The van der Waals surface area contributed by atoms with Crippen molar-refractivity contribution in [2.45, 2.75) is 0 Å². The summed E-state index contributed by atoms with van der Waals surface area (Å²) in [6.45, 7) is 0. The molecule has 0 aliphatic carbocycles. The molecule has 5 nitrogen and oxygen atoms in total. The van der Waals surface area contributed by atoms with Crippen molar-refractivity contribution >= 4 is 11.2 Å². The van der Waals surface area contributed by atoms with Crippen LogP contribution in [-0.2, 0) is 7.05 Å². The van der Waals surface area contributed by atoms with Crippen molar-refractivity contribution in [2.75, 3.05) is 0 Å². The molecule has 0 aliphatic rings. The molecule has 0 saturated carbocycles. The Bertz CT molecular complexity index is 476. The van der Waals surface area contributed by atoms with Crippen LogP contribution in [0.1, 0.15) is 0 Å². The summed E-state index contributed by atoms with van der Waals surface area (Å²) < 4.78 is 1.46. The van der Waals surface area contributed by atoms with E-state index in [1.54, 1.807) is 13.2 Å². The van der Waals surface area contributed by atoms with Crippen LogP contribution >= 0.6 is 0 Å². The molecule has 60 valence electrons. The second-order valence-electron chi connectivity index (χ2n) is 2.39. The molecule has 5 heteroatoms. The summed E-state index contributed by atoms with van der Waals surface area (Å²) in [7, 11) is 1.66. The van der Waals surface area contributed by atoms with Gasteiger partial charge in [-0.15, -0.1) is 0 Å². The van der Waals surface area contributed by atoms with E-state index in [9.17, 15) is 4.79 Å². The lowest BCUT2D eigenvalue weighted by molar-refractivity contribution is 0.880. The maximum Gasteiger partial charge on any atom is 0.269 e. The van der Waals surface area contributed by atoms with E-state index in [0.29, 0.717) is 11.2 Å². The van der Waals surface area contributed by atoms with Crippen LogP contribution in [0, 0.1) is 0 Å². The quantitative estimate of drug-likeness (QED) is 0.534. The van der Waals surface area contributed by atoms with Gasteiger partial charge in [0.2, 0.25) is 0 Å². The van der Waals surface area contributed by atoms with Gasteiger partial charge >= 0.3 is 0 Å². The molecule has 2 aromatic heterocycles. The average molecular weight is 162 g/mol. The summed E-state index contributed by atoms with van der Waals surface area (Å²) in [6.07, 6.45) is 4.21. The summed E-state index contributed by atoms with van der Waals surface area (Å²) in [4.78, 5) is 22.6. The summed E-state index contributed by atoms with van der Waals surface area (Å²) >= 11 is 0. The number of aryl methyl sites for hydroxylation is 1. The number of fused-ring (bicyclic) bond motifs is 1. The van der Waals surface area contributed by atoms with E-state index in [0.717, 1.165) is 0 Å². The molecule has 2 aromatic rings. The Kier molecular flexibility index (Phi) is 1.36. The minimum absolute atomic E-state index is 0.155. The van der Waals surface area contributed by atoms with E-state index >= 15 is 0 Å². The van der Waals surface area contributed by atoms with Crippen molar-refractivity contribution in [3.63, 3.8) is 0 Å². The van der Waals surface area contributed by atoms with E-state index in [1.807, 2.05) is 0 Å². The van der Waals surface area contributed by atoms with Gasteiger partial charge in [0, 0.05) is 7.05 Å². The lowest BCUT2D eigenvalue weighted by atomic mass is 10.5. The van der Waals surface area contributed by atoms with Crippen LogP contribution in [0.5, 0.6) is 0 Å². The maximum atomic E-state index is 11.1. The minimum Gasteiger partial charge on any atom is -0.306 e. The first kappa shape index (κ1) is 6.90. The number of aromatic nitrogens is 4. The van der Waals surface area contributed by atoms with E-state index in [4.69, 9.17) is 0 Å². The molecule has 2 heterocycles. The molecule has 0 spiro atoms. The molecule has 0 bridgehead atoms. The van der Waals surface area contributed by atoms with Crippen molar-refractivity contribution in [1.29, 1.82) is 0 Å². The third-order valence-electron chi connectivity index (χ3n) is 1.66. The van der Waals surface area contributed by atoms with Crippen molar-refractivity contribution in [3.05, 3.63) is 29.1 Å². The average Bonchev–Trinajstić information content (AvgIpc) is 2.12. The fourth-order valence-corrected chi connectivity index (χ4v) is 0.974. The van der Waals surface area contributed by atoms with Crippen molar-refractivity contribution in [3.8, 4) is 0 Å². The van der Waals surface area contributed by atoms with Gasteiger partial charge < -0.3 is 4.57 Å². The smallest absolute Gasteiger partial charge is 0.269 e. The molecule has 0 N–H and O–H groups in total. The molecule has 0 fully saturated rings. The number of nitrogens with zero attached hydrogens (tertiary/aromatic N) is 4. The Hall–Kier alpha value is -1.78. The summed E-state index contributed by atoms with van der Waals surface area (Å²) in [5, 5.41) is 0. The Labute approximate surface area is 67.7 Å². The second kappa shape index (κ2) is 2.37. The molecule has 0 aromatic carbocycles. The molecular weight excluding hydrogens is 156 g/mol. The molecule has 0 atom stereocenters. The first-order chi connectivity index (χ1) is 5.79. The molecule has 0 saturated heterocycles. The van der Waals surface area contributed by atoms with Gasteiger partial charge in [-0.1, -0.05) is 0 Å². The highest BCUT2D eigenvalue weighted by Crippen LogP contribution is 1.99. The molecule has 0 amide bonds. The van der Waals surface area contributed by atoms with Gasteiger partial charge in [-0.05, 0) is 0 Å². The van der Waals surface area contributed by atoms with Gasteiger partial charge in [-0.2, -0.15) is 0 Å². The molecule has 12 heavy (non-hydrogen) atoms. The predicted octanol–water partition coefficient (Wildman–Crippen LogP) is -0.277. The number of hydrogen-bond acceptors (Lipinski definition) is 4. The topological polar surface area (TPSA) is 60.7 Å². The highest BCUT2D eigenvalue weighted by molar-refractivity contribution is 5.67. The Morgan fingerprint density at radius 2 is 2.17 bits per heavy atom. The van der Waals surface area contributed by atoms with Crippen LogP contribution in [0.2, 0.25) is 0 Å². The van der Waals surface area contributed by atoms with Gasteiger partial charge in [0.1, 0.15) is 11.8 Å². The summed E-state index contributed by atoms with van der Waals surface area (Å²) in [5.41, 5.74) is 1.02. The highest BCUT2D eigenvalue weighted by atomic mass is 16.1. The number of hydrogen-bond donors (Lipinski definition) is 0. The van der Waals surface area contributed by atoms with Crippen LogP contribution in [0.4, 0.5) is 0 Å². The Morgan fingerprint density at radius 1 is 1.33 bits per heavy atom. The van der Waals surface area contributed by atoms with E-state index in [2.05, 4.69) is 15.0 Å². The van der Waals surface area contributed by atoms with Gasteiger partial charge in [0.15, 0.2) is 5.65 Å². The largest absolute Gasteiger partial charge is 0.306 e. The van der Waals surface area contributed by atoms with E-state index < -0.39 is 0 Å². The lowest BCUT2D eigenvalue weighted by Crippen LogP contribution is -2.17. The van der Waals surface area contributed by atoms with Crippen molar-refractivity contribution in [1.82, 2.24) is 19.5 Å². The maximum absolute atomic E-state index is 11.1. The fraction of sp³-hybridized carbons (Fsp3) is 0.143. The molecular formula is C7H6N4O. The zero-order valence-corrected chi connectivity index (χ0v) is 6.43. The first-order valence-corrected chi connectivity index (χ1v) is 3.41. The minimum atomic E-state index is -0.155. The van der Waals surface area contributed by atoms with E-state index in [-0.39, 0.29) is 5.56 Å². The van der Waals surface area contributed by atoms with Gasteiger partial charge in [0.25, 0.3) is 5.56 Å². The summed E-state index contributed by atoms with van der Waals surface area (Å²) in [5.74, 6) is 0. The standard InChI is InChI=1S/C7H6N4O/c1-11-5-2-8-4-10-7(5)9-3-6(11)12/h2-4H,1H3.